The van der Waals surface area contributed by atoms with E-state index >= 15 is 0 Å². The average Bonchev–Trinajstić information content (AvgIpc) is 3.44. The number of phosphoric acid groups is 1. The Morgan fingerprint density at radius 3 is 2.30 bits per heavy atom. The molecular weight excluding hydrogens is 763 g/mol. The fraction of sp³-hybridized carbons (Fsp3) is 0.595. The molecule has 2 aromatic rings. The summed E-state index contributed by atoms with van der Waals surface area (Å²) in [6.07, 6.45) is 3.40. The van der Waals surface area contributed by atoms with Gasteiger partial charge in [0.05, 0.1) is 18.5 Å². The molecule has 1 aliphatic heterocycles. The second-order valence-corrected chi connectivity index (χ2v) is 16.4. The van der Waals surface area contributed by atoms with E-state index in [1.54, 1.807) is 12.5 Å². The molecule has 0 radical (unpaired) electrons. The number of likely N-dealkylation sites (tertiary alicyclic amines) is 1. The highest BCUT2D eigenvalue weighted by atomic mass is 31.2. The number of benzene rings is 1. The van der Waals surface area contributed by atoms with Crippen LogP contribution in [0.2, 0.25) is 0 Å². The van der Waals surface area contributed by atoms with Gasteiger partial charge in [0.2, 0.25) is 35.4 Å². The number of carbonyl (C=O) groups excluding carboxylic acids is 6. The lowest BCUT2D eigenvalue weighted by molar-refractivity contribution is -0.139. The average molecular weight is 819 g/mol. The molecule has 19 nitrogen and oxygen atoms in total. The van der Waals surface area contributed by atoms with Crippen LogP contribution in [0.25, 0.3) is 0 Å². The number of aliphatic hydroxyl groups is 1. The maximum absolute atomic E-state index is 14.2. The quantitative estimate of drug-likeness (QED) is 0.0588. The van der Waals surface area contributed by atoms with E-state index in [4.69, 9.17) is 5.73 Å². The van der Waals surface area contributed by atoms with E-state index < -0.39 is 79.3 Å². The third-order valence-electron chi connectivity index (χ3n) is 10.1. The van der Waals surface area contributed by atoms with Crippen molar-refractivity contribution in [3.8, 4) is 0 Å². The van der Waals surface area contributed by atoms with Crippen molar-refractivity contribution in [2.24, 2.45) is 11.7 Å². The molecule has 2 heterocycles. The van der Waals surface area contributed by atoms with Crippen molar-refractivity contribution in [2.45, 2.75) is 128 Å². The molecule has 1 aromatic heterocycles. The number of rotatable bonds is 21. The maximum atomic E-state index is 14.2. The number of hydrogen-bond acceptors (Lipinski definition) is 10. The smallest absolute Gasteiger partial charge is 0.390 e. The molecule has 9 N–H and O–H groups in total. The van der Waals surface area contributed by atoms with Gasteiger partial charge in [-0.15, -0.1) is 0 Å². The first-order chi connectivity index (χ1) is 26.8. The molecule has 2 aliphatic rings. The largest absolute Gasteiger partial charge is 0.469 e. The van der Waals surface area contributed by atoms with Crippen molar-refractivity contribution in [1.82, 2.24) is 35.7 Å². The molecule has 1 saturated carbocycles. The van der Waals surface area contributed by atoms with Crippen LogP contribution >= 0.6 is 7.82 Å². The van der Waals surface area contributed by atoms with Gasteiger partial charge in [-0.2, -0.15) is 0 Å². The van der Waals surface area contributed by atoms with E-state index in [1.807, 2.05) is 48.7 Å². The highest BCUT2D eigenvalue weighted by molar-refractivity contribution is 7.46. The molecule has 2 unspecified atom stereocenters. The molecule has 4 rings (SSSR count). The number of aromatic nitrogens is 2. The van der Waals surface area contributed by atoms with Crippen LogP contribution in [0.3, 0.4) is 0 Å². The first kappa shape index (κ1) is 45.0. The van der Waals surface area contributed by atoms with Crippen molar-refractivity contribution in [3.05, 3.63) is 54.1 Å². The number of nitrogens with two attached hydrogens (primary N) is 1. The zero-order valence-corrected chi connectivity index (χ0v) is 33.5. The van der Waals surface area contributed by atoms with Crippen LogP contribution in [0, 0.1) is 5.92 Å². The Bertz CT molecular complexity index is 1800. The minimum absolute atomic E-state index is 0.0816. The van der Waals surface area contributed by atoms with Crippen LogP contribution in [-0.2, 0) is 57.2 Å². The predicted molar refractivity (Wildman–Crippen MR) is 204 cm³/mol. The number of aryl methyl sites for hydroxylation is 2. The molecule has 20 heteroatoms. The molecule has 6 amide bonds. The summed E-state index contributed by atoms with van der Waals surface area (Å²) in [4.78, 5) is 104. The molecule has 0 spiro atoms. The Labute approximate surface area is 331 Å². The van der Waals surface area contributed by atoms with Gasteiger partial charge in [0.25, 0.3) is 0 Å². The SMILES string of the molecule is CC(=O)N1CCC[C@H]1C(=O)N[C@@H](CC(C)C)C(=O)N[C@@H](Cc1cncn1CCCCc1ccccc1)C(=O)NC1(C(=O)N[C@H](C(N)=O)[C@@H](C)OP(=O)(O)O)CC1O. The van der Waals surface area contributed by atoms with Crippen LogP contribution in [0.15, 0.2) is 42.9 Å². The summed E-state index contributed by atoms with van der Waals surface area (Å²) in [6, 6.07) is 4.97. The molecule has 7 atom stereocenters. The Morgan fingerprint density at radius 2 is 1.70 bits per heavy atom. The Balaban J connectivity index is 1.56. The molecule has 1 aromatic carbocycles. The Kier molecular flexibility index (Phi) is 15.5. The van der Waals surface area contributed by atoms with Crippen molar-refractivity contribution in [2.75, 3.05) is 6.54 Å². The van der Waals surface area contributed by atoms with Crippen molar-refractivity contribution in [1.29, 1.82) is 0 Å². The number of unbranched alkanes of at least 4 members (excludes halogenated alkanes) is 1. The lowest BCUT2D eigenvalue weighted by atomic mass is 10.0. The molecule has 0 bridgehead atoms. The summed E-state index contributed by atoms with van der Waals surface area (Å²) >= 11 is 0. The molecular formula is C37H55N8O11P. The van der Waals surface area contributed by atoms with Crippen LogP contribution in [0.4, 0.5) is 0 Å². The third kappa shape index (κ3) is 12.7. The second-order valence-electron chi connectivity index (χ2n) is 15.2. The minimum Gasteiger partial charge on any atom is -0.390 e. The lowest BCUT2D eigenvalue weighted by Crippen LogP contribution is -2.62. The van der Waals surface area contributed by atoms with Crippen molar-refractivity contribution >= 4 is 43.3 Å². The van der Waals surface area contributed by atoms with E-state index in [-0.39, 0.29) is 31.1 Å². The van der Waals surface area contributed by atoms with Crippen LogP contribution in [0.1, 0.15) is 77.5 Å². The van der Waals surface area contributed by atoms with E-state index in [1.165, 1.54) is 17.4 Å². The van der Waals surface area contributed by atoms with Gasteiger partial charge in [-0.05, 0) is 56.9 Å². The van der Waals surface area contributed by atoms with Crippen LogP contribution < -0.4 is 27.0 Å². The molecule has 1 saturated heterocycles. The number of primary amides is 1. The minimum atomic E-state index is -5.11. The van der Waals surface area contributed by atoms with Gasteiger partial charge < -0.3 is 51.4 Å². The normalized spacial score (nSPS) is 21.2. The van der Waals surface area contributed by atoms with Crippen LogP contribution in [-0.4, -0.2) is 113 Å². The number of nitrogens with one attached hydrogen (secondary N) is 4. The fourth-order valence-electron chi connectivity index (χ4n) is 7.01. The monoisotopic (exact) mass is 818 g/mol. The number of carbonyl (C=O) groups is 6. The number of hydrogen-bond donors (Lipinski definition) is 8. The van der Waals surface area contributed by atoms with Gasteiger partial charge in [-0.25, -0.2) is 9.55 Å². The van der Waals surface area contributed by atoms with E-state index in [9.17, 15) is 48.2 Å². The Morgan fingerprint density at radius 1 is 1.02 bits per heavy atom. The standard InChI is InChI=1S/C37H55N8O11P/c1-22(2)17-27(41-35(51)29-14-10-16-45(29)24(4)46)33(49)40-28(18-26-20-39-21-44(26)15-9-8-13-25-11-6-5-7-12-25)34(50)43-37(19-30(37)47)36(52)42-31(32(38)48)23(3)56-57(53,54)55/h5-7,11-12,20-23,27-31,47H,8-10,13-19H2,1-4H3,(H2,38,48)(H,40,49)(H,41,51)(H,42,52)(H,43,50)(H2,53,54,55)/t23-,27+,28+,29+,30?,31+,37?/m1/s1. The van der Waals surface area contributed by atoms with E-state index in [2.05, 4.69) is 30.8 Å². The van der Waals surface area contributed by atoms with Crippen molar-refractivity contribution in [3.63, 3.8) is 0 Å². The van der Waals surface area contributed by atoms with E-state index in [0.29, 0.717) is 31.6 Å². The third-order valence-corrected chi connectivity index (χ3v) is 10.8. The molecule has 314 valence electrons. The predicted octanol–water partition coefficient (Wildman–Crippen LogP) is -0.437. The number of imidazole rings is 1. The summed E-state index contributed by atoms with van der Waals surface area (Å²) in [5.41, 5.74) is 5.14. The van der Waals surface area contributed by atoms with Crippen molar-refractivity contribution < 1.29 is 52.7 Å². The first-order valence-electron chi connectivity index (χ1n) is 19.1. The van der Waals surface area contributed by atoms with E-state index in [0.717, 1.165) is 26.2 Å². The maximum Gasteiger partial charge on any atom is 0.469 e. The zero-order valence-electron chi connectivity index (χ0n) is 32.6. The van der Waals surface area contributed by atoms with Gasteiger partial charge in [0, 0.05) is 44.7 Å². The zero-order chi connectivity index (χ0) is 42.1. The highest BCUT2D eigenvalue weighted by Crippen LogP contribution is 2.39. The van der Waals surface area contributed by atoms with Gasteiger partial charge in [-0.3, -0.25) is 33.3 Å². The molecule has 2 fully saturated rings. The molecule has 57 heavy (non-hydrogen) atoms. The van der Waals surface area contributed by atoms with Gasteiger partial charge in [0.1, 0.15) is 29.7 Å². The number of nitrogens with zero attached hydrogens (tertiary/aromatic N) is 3. The molecule has 1 aliphatic carbocycles. The summed E-state index contributed by atoms with van der Waals surface area (Å²) in [5, 5.41) is 20.9. The lowest BCUT2D eigenvalue weighted by Gasteiger charge is -2.29. The summed E-state index contributed by atoms with van der Waals surface area (Å²) < 4.78 is 17.8. The Hall–Kier alpha value is -4.68. The second kappa shape index (κ2) is 19.7. The first-order valence-corrected chi connectivity index (χ1v) is 20.6. The summed E-state index contributed by atoms with van der Waals surface area (Å²) in [5.74, 6) is -4.74. The summed E-state index contributed by atoms with van der Waals surface area (Å²) in [7, 11) is -5.11. The fourth-order valence-corrected chi connectivity index (χ4v) is 7.56. The van der Waals surface area contributed by atoms with Gasteiger partial charge >= 0.3 is 7.82 Å². The topological polar surface area (TPSA) is 285 Å². The van der Waals surface area contributed by atoms with Gasteiger partial charge in [0.15, 0.2) is 0 Å². The van der Waals surface area contributed by atoms with Gasteiger partial charge in [-0.1, -0.05) is 44.2 Å². The number of amides is 6. The number of phosphoric ester groups is 1. The number of aliphatic hydroxyl groups excluding tert-OH is 1. The summed E-state index contributed by atoms with van der Waals surface area (Å²) in [6.45, 7) is 7.12. The van der Waals surface area contributed by atoms with Crippen LogP contribution in [0.5, 0.6) is 0 Å². The highest BCUT2D eigenvalue weighted by Gasteiger charge is 2.62.